The van der Waals surface area contributed by atoms with Gasteiger partial charge in [0, 0.05) is 24.2 Å². The van der Waals surface area contributed by atoms with Crippen molar-refractivity contribution in [3.05, 3.63) is 52.3 Å². The molecule has 8 heteroatoms. The van der Waals surface area contributed by atoms with Gasteiger partial charge in [-0.05, 0) is 25.5 Å². The van der Waals surface area contributed by atoms with Crippen LogP contribution in [0.25, 0.3) is 10.5 Å². The standard InChI is InChI=1S/C19H23N7O/c1-4-6-15-12(2)25-26-17(20)16(21-3)18(24-19(15)26)22-10-9-13-7-5-8-14(11-27)23-13/h5,7-8,27H,4,6,9-11,20H2,1-2H3,(H,22,24). The lowest BCUT2D eigenvalue weighted by atomic mass is 10.1. The molecule has 0 fully saturated rings. The third-order valence-corrected chi connectivity index (χ3v) is 4.38. The average molecular weight is 365 g/mol. The van der Waals surface area contributed by atoms with Gasteiger partial charge in [-0.1, -0.05) is 19.4 Å². The minimum atomic E-state index is -0.0847. The van der Waals surface area contributed by atoms with E-state index in [-0.39, 0.29) is 12.3 Å². The second-order valence-corrected chi connectivity index (χ2v) is 6.31. The van der Waals surface area contributed by atoms with E-state index in [0.717, 1.165) is 29.8 Å². The number of aryl methyl sites for hydroxylation is 2. The molecule has 0 aromatic carbocycles. The fourth-order valence-electron chi connectivity index (χ4n) is 3.05. The second kappa shape index (κ2) is 8.01. The maximum atomic E-state index is 9.19. The number of hydrogen-bond donors (Lipinski definition) is 3. The summed E-state index contributed by atoms with van der Waals surface area (Å²) in [4.78, 5) is 12.6. The van der Waals surface area contributed by atoms with E-state index in [4.69, 9.17) is 12.3 Å². The van der Waals surface area contributed by atoms with Gasteiger partial charge in [-0.25, -0.2) is 14.3 Å². The van der Waals surface area contributed by atoms with Crippen LogP contribution in [-0.2, 0) is 19.4 Å². The molecular formula is C19H23N7O. The number of hydrogen-bond acceptors (Lipinski definition) is 6. The van der Waals surface area contributed by atoms with Gasteiger partial charge in [0.25, 0.3) is 5.69 Å². The number of aliphatic hydroxyl groups is 1. The van der Waals surface area contributed by atoms with Crippen molar-refractivity contribution in [1.82, 2.24) is 19.6 Å². The van der Waals surface area contributed by atoms with Crippen molar-refractivity contribution in [2.24, 2.45) is 0 Å². The first kappa shape index (κ1) is 18.6. The fraction of sp³-hybridized carbons (Fsp3) is 0.368. The molecule has 0 bridgehead atoms. The molecule has 3 rings (SSSR count). The second-order valence-electron chi connectivity index (χ2n) is 6.31. The first-order valence-corrected chi connectivity index (χ1v) is 8.93. The van der Waals surface area contributed by atoms with Crippen molar-refractivity contribution in [1.29, 1.82) is 0 Å². The monoisotopic (exact) mass is 365 g/mol. The Morgan fingerprint density at radius 2 is 2.04 bits per heavy atom. The number of nitrogens with one attached hydrogen (secondary N) is 1. The number of nitrogens with zero attached hydrogens (tertiary/aromatic N) is 5. The van der Waals surface area contributed by atoms with E-state index < -0.39 is 0 Å². The summed E-state index contributed by atoms with van der Waals surface area (Å²) in [6, 6.07) is 5.55. The lowest BCUT2D eigenvalue weighted by molar-refractivity contribution is 0.276. The molecule has 0 unspecified atom stereocenters. The van der Waals surface area contributed by atoms with E-state index in [2.05, 4.69) is 32.2 Å². The quantitative estimate of drug-likeness (QED) is 0.556. The molecule has 0 amide bonds. The summed E-state index contributed by atoms with van der Waals surface area (Å²) < 4.78 is 1.56. The van der Waals surface area contributed by atoms with Crippen molar-refractivity contribution in [3.63, 3.8) is 0 Å². The Morgan fingerprint density at radius 3 is 2.74 bits per heavy atom. The van der Waals surface area contributed by atoms with Crippen LogP contribution in [0.1, 0.15) is 36.0 Å². The van der Waals surface area contributed by atoms with Crippen LogP contribution in [0.2, 0.25) is 0 Å². The van der Waals surface area contributed by atoms with Gasteiger partial charge in [-0.2, -0.15) is 5.10 Å². The van der Waals surface area contributed by atoms with Crippen LogP contribution in [0.15, 0.2) is 18.2 Å². The Balaban J connectivity index is 1.88. The largest absolute Gasteiger partial charge is 0.392 e. The Bertz CT molecular complexity index is 1000. The number of nitrogen functional groups attached to an aromatic ring is 1. The Morgan fingerprint density at radius 1 is 1.26 bits per heavy atom. The van der Waals surface area contributed by atoms with Gasteiger partial charge in [0.15, 0.2) is 5.65 Å². The lowest BCUT2D eigenvalue weighted by Crippen LogP contribution is -2.11. The van der Waals surface area contributed by atoms with Crippen LogP contribution in [0, 0.1) is 13.5 Å². The van der Waals surface area contributed by atoms with Crippen molar-refractivity contribution < 1.29 is 5.11 Å². The molecule has 0 spiro atoms. The van der Waals surface area contributed by atoms with Gasteiger partial charge in [0.1, 0.15) is 11.6 Å². The van der Waals surface area contributed by atoms with Crippen LogP contribution in [0.4, 0.5) is 17.3 Å². The normalized spacial score (nSPS) is 10.9. The number of rotatable bonds is 7. The third-order valence-electron chi connectivity index (χ3n) is 4.38. The zero-order valence-electron chi connectivity index (χ0n) is 15.5. The van der Waals surface area contributed by atoms with Crippen LogP contribution in [0.3, 0.4) is 0 Å². The highest BCUT2D eigenvalue weighted by Gasteiger charge is 2.18. The molecule has 4 N–H and O–H groups in total. The highest BCUT2D eigenvalue weighted by Crippen LogP contribution is 2.32. The number of aromatic nitrogens is 4. The van der Waals surface area contributed by atoms with E-state index in [1.54, 1.807) is 10.6 Å². The maximum absolute atomic E-state index is 9.19. The minimum Gasteiger partial charge on any atom is -0.392 e. The van der Waals surface area contributed by atoms with E-state index >= 15 is 0 Å². The van der Waals surface area contributed by atoms with E-state index in [1.165, 1.54) is 0 Å². The summed E-state index contributed by atoms with van der Waals surface area (Å²) in [7, 11) is 0. The first-order valence-electron chi connectivity index (χ1n) is 8.93. The van der Waals surface area contributed by atoms with Crippen LogP contribution in [-0.4, -0.2) is 31.2 Å². The first-order chi connectivity index (χ1) is 13.1. The number of anilines is 2. The minimum absolute atomic E-state index is 0.0847. The van der Waals surface area contributed by atoms with Crippen molar-refractivity contribution in [2.45, 2.75) is 39.7 Å². The average Bonchev–Trinajstić information content (AvgIpc) is 2.99. The summed E-state index contributed by atoms with van der Waals surface area (Å²) in [6.45, 7) is 12.0. The number of aliphatic hydroxyl groups excluding tert-OH is 1. The zero-order valence-corrected chi connectivity index (χ0v) is 15.5. The molecule has 140 valence electrons. The molecule has 0 radical (unpaired) electrons. The smallest absolute Gasteiger partial charge is 0.268 e. The summed E-state index contributed by atoms with van der Waals surface area (Å²) in [5.41, 5.74) is 10.6. The van der Waals surface area contributed by atoms with E-state index in [1.807, 2.05) is 19.1 Å². The van der Waals surface area contributed by atoms with Gasteiger partial charge in [-0.15, -0.1) is 0 Å². The summed E-state index contributed by atoms with van der Waals surface area (Å²) in [5.74, 6) is 0.758. The van der Waals surface area contributed by atoms with Gasteiger partial charge in [-0.3, -0.25) is 4.98 Å². The van der Waals surface area contributed by atoms with Crippen LogP contribution in [0.5, 0.6) is 0 Å². The summed E-state index contributed by atoms with van der Waals surface area (Å²) in [6.07, 6.45) is 2.47. The van der Waals surface area contributed by atoms with E-state index in [0.29, 0.717) is 35.9 Å². The molecule has 0 aliphatic carbocycles. The van der Waals surface area contributed by atoms with Gasteiger partial charge < -0.3 is 16.2 Å². The SMILES string of the molecule is [C-]#[N+]c1c(NCCc2cccc(CO)n2)nc2c(CCC)c(C)nn2c1N. The Kier molecular flexibility index (Phi) is 5.52. The summed E-state index contributed by atoms with van der Waals surface area (Å²) in [5, 5.41) is 16.9. The molecule has 0 aliphatic heterocycles. The Hall–Kier alpha value is -3.18. The van der Waals surface area contributed by atoms with E-state index in [9.17, 15) is 5.11 Å². The molecule has 3 aromatic rings. The highest BCUT2D eigenvalue weighted by molar-refractivity contribution is 5.80. The van der Waals surface area contributed by atoms with Gasteiger partial charge >= 0.3 is 0 Å². The molecule has 0 saturated carbocycles. The van der Waals surface area contributed by atoms with Gasteiger partial charge in [0.05, 0.1) is 24.6 Å². The number of fused-ring (bicyclic) bond motifs is 1. The topological polar surface area (TPSA) is 106 Å². The molecule has 0 atom stereocenters. The third kappa shape index (κ3) is 3.68. The van der Waals surface area contributed by atoms with Crippen LogP contribution >= 0.6 is 0 Å². The van der Waals surface area contributed by atoms with Crippen molar-refractivity contribution in [2.75, 3.05) is 17.6 Å². The Labute approximate surface area is 157 Å². The molecule has 27 heavy (non-hydrogen) atoms. The van der Waals surface area contributed by atoms with Crippen molar-refractivity contribution >= 4 is 23.0 Å². The van der Waals surface area contributed by atoms with Crippen LogP contribution < -0.4 is 11.1 Å². The maximum Gasteiger partial charge on any atom is 0.268 e. The summed E-state index contributed by atoms with van der Waals surface area (Å²) >= 11 is 0. The number of pyridine rings is 1. The molecule has 3 heterocycles. The highest BCUT2D eigenvalue weighted by atomic mass is 16.3. The molecular weight excluding hydrogens is 342 g/mol. The molecule has 0 saturated heterocycles. The molecule has 3 aromatic heterocycles. The molecule has 0 aliphatic rings. The number of nitrogens with two attached hydrogens (primary N) is 1. The molecule has 8 nitrogen and oxygen atoms in total. The lowest BCUT2D eigenvalue weighted by Gasteiger charge is -2.11. The fourth-order valence-corrected chi connectivity index (χ4v) is 3.05. The predicted molar refractivity (Wildman–Crippen MR) is 105 cm³/mol. The predicted octanol–water partition coefficient (Wildman–Crippen LogP) is 2.67. The van der Waals surface area contributed by atoms with Gasteiger partial charge in [0.2, 0.25) is 0 Å². The van der Waals surface area contributed by atoms with Crippen molar-refractivity contribution in [3.8, 4) is 0 Å². The zero-order chi connectivity index (χ0) is 19.4.